The molecule has 0 radical (unpaired) electrons. The summed E-state index contributed by atoms with van der Waals surface area (Å²) in [4.78, 5) is 13.5. The van der Waals surface area contributed by atoms with Gasteiger partial charge < -0.3 is 20.5 Å². The number of hydrogen-bond donors (Lipinski definition) is 2. The Balaban J connectivity index is 2.53. The molecule has 0 spiro atoms. The molecule has 0 aromatic rings. The standard InChI is InChI=1S/C12H24N2O3/c1-12(2,3)17-11(16)14-6-4-9(8-13)10(15)5-7-14/h9-10,15H,4-8,13H2,1-3H3. The third-order valence-electron chi connectivity index (χ3n) is 2.96. The highest BCUT2D eigenvalue weighted by molar-refractivity contribution is 5.68. The van der Waals surface area contributed by atoms with E-state index in [1.54, 1.807) is 4.90 Å². The van der Waals surface area contributed by atoms with Crippen LogP contribution in [0.3, 0.4) is 0 Å². The smallest absolute Gasteiger partial charge is 0.410 e. The Hall–Kier alpha value is -0.810. The van der Waals surface area contributed by atoms with Crippen LogP contribution in [0, 0.1) is 5.92 Å². The van der Waals surface area contributed by atoms with Crippen molar-refractivity contribution in [3.05, 3.63) is 0 Å². The average molecular weight is 244 g/mol. The van der Waals surface area contributed by atoms with Gasteiger partial charge in [-0.25, -0.2) is 4.79 Å². The number of aliphatic hydroxyl groups excluding tert-OH is 1. The number of aliphatic hydroxyl groups is 1. The predicted molar refractivity (Wildman–Crippen MR) is 65.6 cm³/mol. The maximum atomic E-state index is 11.9. The van der Waals surface area contributed by atoms with E-state index in [2.05, 4.69) is 0 Å². The second-order valence-corrected chi connectivity index (χ2v) is 5.61. The number of rotatable bonds is 1. The molecule has 0 aromatic heterocycles. The van der Waals surface area contributed by atoms with Crippen LogP contribution < -0.4 is 5.73 Å². The van der Waals surface area contributed by atoms with Crippen molar-refractivity contribution in [3.8, 4) is 0 Å². The van der Waals surface area contributed by atoms with Crippen LogP contribution in [0.1, 0.15) is 33.6 Å². The molecular formula is C12H24N2O3. The lowest BCUT2D eigenvalue weighted by Gasteiger charge is -2.26. The number of carbonyl (C=O) groups is 1. The van der Waals surface area contributed by atoms with Crippen molar-refractivity contribution in [1.29, 1.82) is 0 Å². The number of ether oxygens (including phenoxy) is 1. The normalized spacial score (nSPS) is 26.5. The molecule has 100 valence electrons. The Morgan fingerprint density at radius 2 is 2.00 bits per heavy atom. The monoisotopic (exact) mass is 244 g/mol. The SMILES string of the molecule is CC(C)(C)OC(=O)N1CCC(O)C(CN)CC1. The van der Waals surface area contributed by atoms with Gasteiger partial charge in [0.05, 0.1) is 6.10 Å². The Bertz CT molecular complexity index is 263. The van der Waals surface area contributed by atoms with E-state index in [1.807, 2.05) is 20.8 Å². The van der Waals surface area contributed by atoms with Crippen LogP contribution in [0.4, 0.5) is 4.79 Å². The summed E-state index contributed by atoms with van der Waals surface area (Å²) < 4.78 is 5.31. The van der Waals surface area contributed by atoms with E-state index in [1.165, 1.54) is 0 Å². The number of amides is 1. The zero-order valence-corrected chi connectivity index (χ0v) is 11.0. The fourth-order valence-electron chi connectivity index (χ4n) is 1.93. The van der Waals surface area contributed by atoms with Gasteiger partial charge in [-0.2, -0.15) is 0 Å². The first-order valence-corrected chi connectivity index (χ1v) is 6.19. The molecule has 1 aliphatic rings. The summed E-state index contributed by atoms with van der Waals surface area (Å²) >= 11 is 0. The second kappa shape index (κ2) is 5.69. The molecular weight excluding hydrogens is 220 g/mol. The molecule has 1 fully saturated rings. The van der Waals surface area contributed by atoms with E-state index in [0.29, 0.717) is 26.1 Å². The first-order valence-electron chi connectivity index (χ1n) is 6.19. The van der Waals surface area contributed by atoms with E-state index in [0.717, 1.165) is 6.42 Å². The van der Waals surface area contributed by atoms with Gasteiger partial charge in [0.25, 0.3) is 0 Å². The number of likely N-dealkylation sites (tertiary alicyclic amines) is 1. The van der Waals surface area contributed by atoms with E-state index < -0.39 is 11.7 Å². The Kier molecular flexibility index (Phi) is 4.77. The van der Waals surface area contributed by atoms with Crippen LogP contribution in [0.15, 0.2) is 0 Å². The zero-order chi connectivity index (χ0) is 13.1. The van der Waals surface area contributed by atoms with E-state index in [9.17, 15) is 9.90 Å². The van der Waals surface area contributed by atoms with Gasteiger partial charge in [-0.15, -0.1) is 0 Å². The molecule has 2 atom stereocenters. The molecule has 17 heavy (non-hydrogen) atoms. The number of nitrogens with two attached hydrogens (primary N) is 1. The number of nitrogens with zero attached hydrogens (tertiary/aromatic N) is 1. The lowest BCUT2D eigenvalue weighted by atomic mass is 9.98. The molecule has 3 N–H and O–H groups in total. The summed E-state index contributed by atoms with van der Waals surface area (Å²) in [5.74, 6) is 0.0856. The highest BCUT2D eigenvalue weighted by Gasteiger charge is 2.28. The van der Waals surface area contributed by atoms with Crippen LogP contribution in [-0.2, 0) is 4.74 Å². The van der Waals surface area contributed by atoms with Crippen molar-refractivity contribution in [3.63, 3.8) is 0 Å². The molecule has 0 aromatic carbocycles. The predicted octanol–water partition coefficient (Wildman–Crippen LogP) is 0.953. The van der Waals surface area contributed by atoms with E-state index in [-0.39, 0.29) is 12.0 Å². The van der Waals surface area contributed by atoms with Gasteiger partial charge in [0.2, 0.25) is 0 Å². The van der Waals surface area contributed by atoms with Crippen molar-refractivity contribution in [2.24, 2.45) is 11.7 Å². The van der Waals surface area contributed by atoms with Crippen LogP contribution in [0.25, 0.3) is 0 Å². The van der Waals surface area contributed by atoms with Gasteiger partial charge in [0, 0.05) is 13.1 Å². The molecule has 5 nitrogen and oxygen atoms in total. The van der Waals surface area contributed by atoms with Crippen LogP contribution in [-0.4, -0.2) is 47.4 Å². The molecule has 2 unspecified atom stereocenters. The summed E-state index contributed by atoms with van der Waals surface area (Å²) in [7, 11) is 0. The van der Waals surface area contributed by atoms with Gasteiger partial charge in [-0.1, -0.05) is 0 Å². The Labute approximate surface area is 103 Å². The van der Waals surface area contributed by atoms with Gasteiger partial charge in [-0.05, 0) is 46.1 Å². The summed E-state index contributed by atoms with van der Waals surface area (Å²) in [5.41, 5.74) is 5.11. The van der Waals surface area contributed by atoms with Crippen molar-refractivity contribution < 1.29 is 14.6 Å². The van der Waals surface area contributed by atoms with Crippen LogP contribution >= 0.6 is 0 Å². The average Bonchev–Trinajstić information content (AvgIpc) is 2.37. The Morgan fingerprint density at radius 3 is 2.53 bits per heavy atom. The molecule has 1 saturated heterocycles. The highest BCUT2D eigenvalue weighted by Crippen LogP contribution is 2.19. The quantitative estimate of drug-likeness (QED) is 0.720. The summed E-state index contributed by atoms with van der Waals surface area (Å²) in [6, 6.07) is 0. The van der Waals surface area contributed by atoms with Crippen LogP contribution in [0.2, 0.25) is 0 Å². The van der Waals surface area contributed by atoms with Gasteiger partial charge >= 0.3 is 6.09 Å². The minimum atomic E-state index is -0.477. The van der Waals surface area contributed by atoms with E-state index in [4.69, 9.17) is 10.5 Å². The molecule has 1 rings (SSSR count). The molecule has 1 amide bonds. The molecule has 0 bridgehead atoms. The Morgan fingerprint density at radius 1 is 1.41 bits per heavy atom. The van der Waals surface area contributed by atoms with Gasteiger partial charge in [-0.3, -0.25) is 0 Å². The highest BCUT2D eigenvalue weighted by atomic mass is 16.6. The van der Waals surface area contributed by atoms with E-state index >= 15 is 0 Å². The first kappa shape index (κ1) is 14.3. The summed E-state index contributed by atoms with van der Waals surface area (Å²) in [6.07, 6.45) is 0.590. The van der Waals surface area contributed by atoms with Gasteiger partial charge in [0.15, 0.2) is 0 Å². The van der Waals surface area contributed by atoms with Gasteiger partial charge in [0.1, 0.15) is 5.60 Å². The molecule has 0 saturated carbocycles. The molecule has 1 aliphatic heterocycles. The molecule has 1 heterocycles. The third kappa shape index (κ3) is 4.52. The fourth-order valence-corrected chi connectivity index (χ4v) is 1.93. The number of hydrogen-bond acceptors (Lipinski definition) is 4. The maximum Gasteiger partial charge on any atom is 0.410 e. The van der Waals surface area contributed by atoms with Crippen LogP contribution in [0.5, 0.6) is 0 Å². The lowest BCUT2D eigenvalue weighted by molar-refractivity contribution is 0.0251. The summed E-state index contributed by atoms with van der Waals surface area (Å²) in [6.45, 7) is 7.14. The maximum absolute atomic E-state index is 11.9. The molecule has 5 heteroatoms. The largest absolute Gasteiger partial charge is 0.444 e. The van der Waals surface area contributed by atoms with Crippen molar-refractivity contribution in [2.45, 2.75) is 45.3 Å². The molecule has 0 aliphatic carbocycles. The van der Waals surface area contributed by atoms with Crippen molar-refractivity contribution >= 4 is 6.09 Å². The second-order valence-electron chi connectivity index (χ2n) is 5.61. The minimum Gasteiger partial charge on any atom is -0.444 e. The number of carbonyl (C=O) groups excluding carboxylic acids is 1. The first-order chi connectivity index (χ1) is 7.83. The summed E-state index contributed by atoms with van der Waals surface area (Å²) in [5, 5.41) is 9.82. The lowest BCUT2D eigenvalue weighted by Crippen LogP contribution is -2.37. The topological polar surface area (TPSA) is 75.8 Å². The fraction of sp³-hybridized carbons (Fsp3) is 0.917. The van der Waals surface area contributed by atoms with Crippen molar-refractivity contribution in [1.82, 2.24) is 4.90 Å². The minimum absolute atomic E-state index is 0.0856. The third-order valence-corrected chi connectivity index (χ3v) is 2.96. The zero-order valence-electron chi connectivity index (χ0n) is 11.0. The van der Waals surface area contributed by atoms with Crippen molar-refractivity contribution in [2.75, 3.05) is 19.6 Å².